The van der Waals surface area contributed by atoms with Gasteiger partial charge >= 0.3 is 12.1 Å². The highest BCUT2D eigenvalue weighted by Gasteiger charge is 2.69. The Balaban J connectivity index is 1.65. The summed E-state index contributed by atoms with van der Waals surface area (Å²) in [7, 11) is 1.28. The van der Waals surface area contributed by atoms with Crippen molar-refractivity contribution >= 4 is 28.7 Å². The van der Waals surface area contributed by atoms with Crippen molar-refractivity contribution in [3.8, 4) is 0 Å². The summed E-state index contributed by atoms with van der Waals surface area (Å²) in [5, 5.41) is 4.50. The number of benzene rings is 1. The molecule has 1 saturated heterocycles. The number of piperidine rings is 1. The van der Waals surface area contributed by atoms with Crippen LogP contribution in [0, 0.1) is 17.3 Å². The highest BCUT2D eigenvalue weighted by Crippen LogP contribution is 2.65. The smallest absolute Gasteiger partial charge is 0.410 e. The van der Waals surface area contributed by atoms with E-state index in [1.54, 1.807) is 33.2 Å². The number of methoxy groups -OCH3 is 1. The summed E-state index contributed by atoms with van der Waals surface area (Å²) in [6.07, 6.45) is 2.74. The van der Waals surface area contributed by atoms with Gasteiger partial charge in [-0.3, -0.25) is 14.7 Å². The molecule has 2 aromatic rings. The van der Waals surface area contributed by atoms with Crippen LogP contribution in [-0.2, 0) is 19.1 Å². The molecule has 4 rings (SSSR count). The third-order valence-electron chi connectivity index (χ3n) is 6.84. The first-order chi connectivity index (χ1) is 15.5. The molecule has 1 N–H and O–H groups in total. The molecule has 0 radical (unpaired) electrons. The SMILES string of the molecule is COC(=O)C(NC(=O)[C@@H]1[C@@H]2[C@H](CN1C(=O)OC(C)(C)C)C2(C)C)c1cncc2ccccc12. The molecule has 33 heavy (non-hydrogen) atoms. The van der Waals surface area contributed by atoms with Gasteiger partial charge in [0.25, 0.3) is 0 Å². The van der Waals surface area contributed by atoms with Crippen LogP contribution in [0.25, 0.3) is 10.8 Å². The molecule has 2 aliphatic rings. The summed E-state index contributed by atoms with van der Waals surface area (Å²) in [6.45, 7) is 10.0. The predicted molar refractivity (Wildman–Crippen MR) is 122 cm³/mol. The zero-order valence-corrected chi connectivity index (χ0v) is 19.9. The maximum absolute atomic E-state index is 13.6. The minimum atomic E-state index is -1.05. The van der Waals surface area contributed by atoms with E-state index in [4.69, 9.17) is 9.47 Å². The number of hydrogen-bond acceptors (Lipinski definition) is 6. The van der Waals surface area contributed by atoms with Gasteiger partial charge in [-0.15, -0.1) is 0 Å². The number of amides is 2. The second-order valence-electron chi connectivity index (χ2n) is 10.4. The van der Waals surface area contributed by atoms with E-state index >= 15 is 0 Å². The van der Waals surface area contributed by atoms with Gasteiger partial charge in [-0.05, 0) is 43.4 Å². The van der Waals surface area contributed by atoms with Gasteiger partial charge in [0, 0.05) is 29.9 Å². The van der Waals surface area contributed by atoms with E-state index in [2.05, 4.69) is 24.1 Å². The van der Waals surface area contributed by atoms with E-state index in [1.165, 1.54) is 12.0 Å². The van der Waals surface area contributed by atoms with Crippen LogP contribution in [0.3, 0.4) is 0 Å². The van der Waals surface area contributed by atoms with Gasteiger partial charge in [-0.25, -0.2) is 9.59 Å². The van der Waals surface area contributed by atoms with E-state index in [0.29, 0.717) is 12.1 Å². The molecule has 8 heteroatoms. The summed E-state index contributed by atoms with van der Waals surface area (Å²) in [5.41, 5.74) is -0.201. The summed E-state index contributed by atoms with van der Waals surface area (Å²) < 4.78 is 10.6. The molecule has 1 aromatic heterocycles. The molecule has 1 unspecified atom stereocenters. The lowest BCUT2D eigenvalue weighted by atomic mass is 9.98. The first kappa shape index (κ1) is 23.0. The molecule has 176 valence electrons. The molecular weight excluding hydrogens is 422 g/mol. The van der Waals surface area contributed by atoms with Gasteiger partial charge in [0.2, 0.25) is 5.91 Å². The third-order valence-corrected chi connectivity index (χ3v) is 6.84. The molecule has 1 saturated carbocycles. The highest BCUT2D eigenvalue weighted by atomic mass is 16.6. The largest absolute Gasteiger partial charge is 0.467 e. The molecule has 4 atom stereocenters. The Hall–Kier alpha value is -3.16. The van der Waals surface area contributed by atoms with Gasteiger partial charge in [0.15, 0.2) is 6.04 Å². The molecule has 2 heterocycles. The van der Waals surface area contributed by atoms with Gasteiger partial charge in [0.05, 0.1) is 7.11 Å². The van der Waals surface area contributed by atoms with Gasteiger partial charge in [0.1, 0.15) is 11.6 Å². The maximum atomic E-state index is 13.6. The quantitative estimate of drug-likeness (QED) is 0.712. The molecular formula is C25H31N3O5. The number of nitrogens with zero attached hydrogens (tertiary/aromatic N) is 2. The standard InChI is InChI=1S/C25H31N3O5/c1-24(2,3)33-23(31)28-13-17-18(25(17,4)5)20(28)21(29)27-19(22(30)32-6)16-12-26-11-14-9-7-8-10-15(14)16/h7-12,17-20H,13H2,1-6H3,(H,27,29)/t17-,18-,19?,20-/m0/s1. The zero-order valence-electron chi connectivity index (χ0n) is 19.9. The summed E-state index contributed by atoms with van der Waals surface area (Å²) in [5.74, 6) is -0.803. The summed E-state index contributed by atoms with van der Waals surface area (Å²) in [6, 6.07) is 5.72. The molecule has 0 spiro atoms. The number of carbonyl (C=O) groups excluding carboxylic acids is 3. The Morgan fingerprint density at radius 1 is 1.18 bits per heavy atom. The van der Waals surface area contributed by atoms with Crippen molar-refractivity contribution < 1.29 is 23.9 Å². The van der Waals surface area contributed by atoms with Crippen LogP contribution in [0.2, 0.25) is 0 Å². The molecule has 1 aromatic carbocycles. The highest BCUT2D eigenvalue weighted by molar-refractivity contribution is 5.95. The maximum Gasteiger partial charge on any atom is 0.410 e. The molecule has 1 aliphatic carbocycles. The van der Waals surface area contributed by atoms with Gasteiger partial charge < -0.3 is 14.8 Å². The van der Waals surface area contributed by atoms with Crippen molar-refractivity contribution in [3.63, 3.8) is 0 Å². The fourth-order valence-corrected chi connectivity index (χ4v) is 5.07. The first-order valence-corrected chi connectivity index (χ1v) is 11.2. The Morgan fingerprint density at radius 3 is 2.55 bits per heavy atom. The molecule has 2 amide bonds. The van der Waals surface area contributed by atoms with Crippen LogP contribution < -0.4 is 5.32 Å². The average Bonchev–Trinajstić information content (AvgIpc) is 3.10. The molecule has 2 fully saturated rings. The number of pyridine rings is 1. The van der Waals surface area contributed by atoms with Crippen molar-refractivity contribution in [2.75, 3.05) is 13.7 Å². The Morgan fingerprint density at radius 2 is 1.88 bits per heavy atom. The number of rotatable bonds is 4. The lowest BCUT2D eigenvalue weighted by Crippen LogP contribution is -2.52. The van der Waals surface area contributed by atoms with Crippen LogP contribution in [-0.4, -0.2) is 53.2 Å². The Labute approximate surface area is 193 Å². The normalized spacial score (nSPS) is 24.1. The van der Waals surface area contributed by atoms with E-state index < -0.39 is 35.7 Å². The molecule has 1 aliphatic heterocycles. The first-order valence-electron chi connectivity index (χ1n) is 11.2. The van der Waals surface area contributed by atoms with Crippen LogP contribution in [0.15, 0.2) is 36.7 Å². The minimum absolute atomic E-state index is 0.00559. The summed E-state index contributed by atoms with van der Waals surface area (Å²) >= 11 is 0. The van der Waals surface area contributed by atoms with Crippen LogP contribution in [0.5, 0.6) is 0 Å². The Kier molecular flexibility index (Phi) is 5.58. The second-order valence-corrected chi connectivity index (χ2v) is 10.4. The van der Waals surface area contributed by atoms with Crippen molar-refractivity contribution in [1.82, 2.24) is 15.2 Å². The van der Waals surface area contributed by atoms with Crippen molar-refractivity contribution in [2.24, 2.45) is 17.3 Å². The van der Waals surface area contributed by atoms with E-state index in [9.17, 15) is 14.4 Å². The monoisotopic (exact) mass is 453 g/mol. The number of esters is 1. The van der Waals surface area contributed by atoms with Crippen molar-refractivity contribution in [1.29, 1.82) is 0 Å². The van der Waals surface area contributed by atoms with E-state index in [-0.39, 0.29) is 17.3 Å². The van der Waals surface area contributed by atoms with Crippen LogP contribution in [0.1, 0.15) is 46.2 Å². The number of hydrogen-bond donors (Lipinski definition) is 1. The van der Waals surface area contributed by atoms with E-state index in [0.717, 1.165) is 10.8 Å². The van der Waals surface area contributed by atoms with Crippen molar-refractivity contribution in [2.45, 2.75) is 52.3 Å². The lowest BCUT2D eigenvalue weighted by Gasteiger charge is -2.32. The zero-order chi connectivity index (χ0) is 24.1. The summed E-state index contributed by atoms with van der Waals surface area (Å²) in [4.78, 5) is 45.0. The Bertz CT molecular complexity index is 1100. The van der Waals surface area contributed by atoms with Gasteiger partial charge in [-0.1, -0.05) is 38.1 Å². The second kappa shape index (κ2) is 8.01. The fourth-order valence-electron chi connectivity index (χ4n) is 5.07. The number of carbonyl (C=O) groups is 3. The van der Waals surface area contributed by atoms with Crippen LogP contribution in [0.4, 0.5) is 4.79 Å². The van der Waals surface area contributed by atoms with Gasteiger partial charge in [-0.2, -0.15) is 0 Å². The molecule has 0 bridgehead atoms. The third kappa shape index (κ3) is 4.14. The minimum Gasteiger partial charge on any atom is -0.467 e. The van der Waals surface area contributed by atoms with Crippen molar-refractivity contribution in [3.05, 3.63) is 42.2 Å². The average molecular weight is 454 g/mol. The number of aromatic nitrogens is 1. The number of fused-ring (bicyclic) bond motifs is 2. The number of nitrogens with one attached hydrogen (secondary N) is 1. The fraction of sp³-hybridized carbons (Fsp3) is 0.520. The lowest BCUT2D eigenvalue weighted by molar-refractivity contribution is -0.146. The van der Waals surface area contributed by atoms with Crippen LogP contribution >= 0.6 is 0 Å². The number of likely N-dealkylation sites (tertiary alicyclic amines) is 1. The topological polar surface area (TPSA) is 97.8 Å². The molecule has 8 nitrogen and oxygen atoms in total. The predicted octanol–water partition coefficient (Wildman–Crippen LogP) is 3.46. The number of ether oxygens (including phenoxy) is 2. The van der Waals surface area contributed by atoms with E-state index in [1.807, 2.05) is 24.3 Å².